The molecule has 21 heavy (non-hydrogen) atoms. The molecule has 0 saturated carbocycles. The number of benzene rings is 1. The van der Waals surface area contributed by atoms with Crippen LogP contribution in [0.15, 0.2) is 23.1 Å². The molecule has 7 heteroatoms. The first-order valence-electron chi connectivity index (χ1n) is 7.06. The van der Waals surface area contributed by atoms with Crippen LogP contribution in [0.2, 0.25) is 0 Å². The number of aliphatic hydroxyl groups excluding tert-OH is 1. The molecule has 3 rings (SSSR count). The van der Waals surface area contributed by atoms with Crippen molar-refractivity contribution in [3.63, 3.8) is 0 Å². The zero-order chi connectivity index (χ0) is 15.0. The minimum Gasteiger partial charge on any atom is -0.486 e. The van der Waals surface area contributed by atoms with Crippen molar-refractivity contribution in [3.8, 4) is 11.5 Å². The monoisotopic (exact) mass is 313 g/mol. The van der Waals surface area contributed by atoms with Crippen LogP contribution in [0, 0.1) is 5.92 Å². The van der Waals surface area contributed by atoms with Gasteiger partial charge in [0.15, 0.2) is 11.5 Å². The van der Waals surface area contributed by atoms with Crippen LogP contribution < -0.4 is 9.47 Å². The summed E-state index contributed by atoms with van der Waals surface area (Å²) in [5.41, 5.74) is 0. The van der Waals surface area contributed by atoms with Crippen molar-refractivity contribution in [1.29, 1.82) is 0 Å². The Morgan fingerprint density at radius 1 is 1.29 bits per heavy atom. The lowest BCUT2D eigenvalue weighted by molar-refractivity contribution is 0.133. The van der Waals surface area contributed by atoms with E-state index in [9.17, 15) is 13.5 Å². The molecule has 2 aliphatic heterocycles. The second-order valence-electron chi connectivity index (χ2n) is 5.46. The van der Waals surface area contributed by atoms with Crippen LogP contribution >= 0.6 is 0 Å². The Morgan fingerprint density at radius 3 is 2.67 bits per heavy atom. The van der Waals surface area contributed by atoms with Crippen molar-refractivity contribution in [2.24, 2.45) is 5.92 Å². The smallest absolute Gasteiger partial charge is 0.243 e. The van der Waals surface area contributed by atoms with Gasteiger partial charge in [-0.2, -0.15) is 4.31 Å². The molecule has 2 atom stereocenters. The van der Waals surface area contributed by atoms with Crippen molar-refractivity contribution in [1.82, 2.24) is 4.31 Å². The van der Waals surface area contributed by atoms with Crippen LogP contribution in [0.3, 0.4) is 0 Å². The van der Waals surface area contributed by atoms with Crippen LogP contribution in [0.4, 0.5) is 0 Å². The Morgan fingerprint density at radius 2 is 2.00 bits per heavy atom. The van der Waals surface area contributed by atoms with E-state index in [1.807, 2.05) is 0 Å². The molecule has 0 aromatic heterocycles. The number of nitrogens with zero attached hydrogens (tertiary/aromatic N) is 1. The topological polar surface area (TPSA) is 76.1 Å². The summed E-state index contributed by atoms with van der Waals surface area (Å²) in [6.07, 6.45) is 0.187. The van der Waals surface area contributed by atoms with Gasteiger partial charge in [0.1, 0.15) is 13.2 Å². The van der Waals surface area contributed by atoms with Gasteiger partial charge in [-0.1, -0.05) is 0 Å². The molecule has 1 N–H and O–H groups in total. The second kappa shape index (κ2) is 5.47. The lowest BCUT2D eigenvalue weighted by atomic mass is 10.0. The molecule has 1 fully saturated rings. The van der Waals surface area contributed by atoms with Crippen LogP contribution in [0.25, 0.3) is 0 Å². The van der Waals surface area contributed by atoms with E-state index in [4.69, 9.17) is 9.47 Å². The highest BCUT2D eigenvalue weighted by atomic mass is 32.2. The largest absolute Gasteiger partial charge is 0.486 e. The highest BCUT2D eigenvalue weighted by Gasteiger charge is 2.34. The fourth-order valence-corrected chi connectivity index (χ4v) is 4.23. The second-order valence-corrected chi connectivity index (χ2v) is 7.40. The Labute approximate surface area is 124 Å². The van der Waals surface area contributed by atoms with Gasteiger partial charge in [-0.25, -0.2) is 8.42 Å². The third-order valence-corrected chi connectivity index (χ3v) is 5.88. The number of hydrogen-bond acceptors (Lipinski definition) is 5. The third kappa shape index (κ3) is 2.73. The molecule has 0 radical (unpaired) electrons. The first kappa shape index (κ1) is 14.6. The normalized spacial score (nSPS) is 24.0. The quantitative estimate of drug-likeness (QED) is 0.895. The first-order valence-corrected chi connectivity index (χ1v) is 8.50. The van der Waals surface area contributed by atoms with E-state index >= 15 is 0 Å². The van der Waals surface area contributed by atoms with Gasteiger partial charge in [-0.3, -0.25) is 0 Å². The van der Waals surface area contributed by atoms with E-state index in [0.29, 0.717) is 44.2 Å². The van der Waals surface area contributed by atoms with E-state index in [-0.39, 0.29) is 10.8 Å². The maximum absolute atomic E-state index is 12.6. The van der Waals surface area contributed by atoms with Gasteiger partial charge in [0, 0.05) is 19.2 Å². The summed E-state index contributed by atoms with van der Waals surface area (Å²) in [5, 5.41) is 9.61. The molecule has 0 bridgehead atoms. The van der Waals surface area contributed by atoms with Crippen molar-refractivity contribution in [3.05, 3.63) is 18.2 Å². The number of hydrogen-bond donors (Lipinski definition) is 1. The Kier molecular flexibility index (Phi) is 3.81. The summed E-state index contributed by atoms with van der Waals surface area (Å²) in [7, 11) is -3.55. The van der Waals surface area contributed by atoms with Gasteiger partial charge in [0.25, 0.3) is 0 Å². The predicted octanol–water partition coefficient (Wildman–Crippen LogP) is 0.849. The Balaban J connectivity index is 1.85. The summed E-state index contributed by atoms with van der Waals surface area (Å²) in [5.74, 6) is 1.04. The van der Waals surface area contributed by atoms with Crippen molar-refractivity contribution in [2.45, 2.75) is 24.3 Å². The summed E-state index contributed by atoms with van der Waals surface area (Å²) in [6, 6.07) is 4.68. The minimum absolute atomic E-state index is 0.00279. The van der Waals surface area contributed by atoms with Crippen molar-refractivity contribution >= 4 is 10.0 Å². The molecule has 0 spiro atoms. The number of aliphatic hydroxyl groups is 1. The van der Waals surface area contributed by atoms with Crippen LogP contribution in [0.1, 0.15) is 13.3 Å². The van der Waals surface area contributed by atoms with E-state index in [2.05, 4.69) is 0 Å². The molecule has 6 nitrogen and oxygen atoms in total. The molecule has 1 saturated heterocycles. The fourth-order valence-electron chi connectivity index (χ4n) is 2.70. The fraction of sp³-hybridized carbons (Fsp3) is 0.571. The molecular weight excluding hydrogens is 294 g/mol. The SMILES string of the molecule is CC(O)C1CCN(S(=O)(=O)c2ccc3c(c2)OCCO3)C1. The van der Waals surface area contributed by atoms with Crippen LogP contribution in [-0.4, -0.2) is 50.2 Å². The minimum atomic E-state index is -3.55. The van der Waals surface area contributed by atoms with Gasteiger partial charge in [-0.15, -0.1) is 0 Å². The average molecular weight is 313 g/mol. The molecule has 2 aliphatic rings. The summed E-state index contributed by atoms with van der Waals surface area (Å²) in [4.78, 5) is 0.206. The lowest BCUT2D eigenvalue weighted by Crippen LogP contribution is -2.30. The summed E-state index contributed by atoms with van der Waals surface area (Å²) < 4.78 is 37.5. The third-order valence-electron chi connectivity index (χ3n) is 4.02. The highest BCUT2D eigenvalue weighted by molar-refractivity contribution is 7.89. The van der Waals surface area contributed by atoms with Gasteiger partial charge in [-0.05, 0) is 31.4 Å². The molecule has 116 valence electrons. The van der Waals surface area contributed by atoms with E-state index < -0.39 is 16.1 Å². The Bertz CT molecular complexity index is 628. The van der Waals surface area contributed by atoms with E-state index in [1.54, 1.807) is 19.1 Å². The van der Waals surface area contributed by atoms with Crippen LogP contribution in [-0.2, 0) is 10.0 Å². The van der Waals surface area contributed by atoms with Gasteiger partial charge in [0.2, 0.25) is 10.0 Å². The van der Waals surface area contributed by atoms with Crippen molar-refractivity contribution < 1.29 is 23.0 Å². The van der Waals surface area contributed by atoms with E-state index in [0.717, 1.165) is 0 Å². The molecule has 1 aromatic carbocycles. The number of sulfonamides is 1. The lowest BCUT2D eigenvalue weighted by Gasteiger charge is -2.21. The number of fused-ring (bicyclic) bond motifs is 1. The number of rotatable bonds is 3. The van der Waals surface area contributed by atoms with Gasteiger partial charge >= 0.3 is 0 Å². The molecule has 2 heterocycles. The molecular formula is C14H19NO5S. The molecule has 0 aliphatic carbocycles. The van der Waals surface area contributed by atoms with Crippen LogP contribution in [0.5, 0.6) is 11.5 Å². The predicted molar refractivity (Wildman–Crippen MR) is 76.0 cm³/mol. The standard InChI is InChI=1S/C14H19NO5S/c1-10(16)11-4-5-15(9-11)21(17,18)12-2-3-13-14(8-12)20-7-6-19-13/h2-3,8,10-11,16H,4-7,9H2,1H3. The average Bonchev–Trinajstić information content (AvgIpc) is 2.97. The zero-order valence-corrected chi connectivity index (χ0v) is 12.7. The van der Waals surface area contributed by atoms with Crippen molar-refractivity contribution in [2.75, 3.05) is 26.3 Å². The van der Waals surface area contributed by atoms with Gasteiger partial charge < -0.3 is 14.6 Å². The summed E-state index contributed by atoms with van der Waals surface area (Å²) in [6.45, 7) is 3.39. The Hall–Kier alpha value is -1.31. The zero-order valence-electron chi connectivity index (χ0n) is 11.9. The molecule has 1 aromatic rings. The summed E-state index contributed by atoms with van der Waals surface area (Å²) >= 11 is 0. The first-order chi connectivity index (χ1) is 9.98. The highest BCUT2D eigenvalue weighted by Crippen LogP contribution is 2.34. The number of ether oxygens (including phenoxy) is 2. The molecule has 0 amide bonds. The van der Waals surface area contributed by atoms with E-state index in [1.165, 1.54) is 10.4 Å². The molecule has 2 unspecified atom stereocenters. The van der Waals surface area contributed by atoms with Gasteiger partial charge in [0.05, 0.1) is 11.0 Å². The maximum Gasteiger partial charge on any atom is 0.243 e. The maximum atomic E-state index is 12.6.